The van der Waals surface area contributed by atoms with E-state index in [0.717, 1.165) is 36.0 Å². The van der Waals surface area contributed by atoms with Gasteiger partial charge in [-0.3, -0.25) is 14.3 Å². The molecule has 32 heavy (non-hydrogen) atoms. The third kappa shape index (κ3) is 4.44. The van der Waals surface area contributed by atoms with E-state index in [1.54, 1.807) is 35.1 Å². The largest absolute Gasteiger partial charge is 0.484 e. The number of carbonyl (C=O) groups is 2. The van der Waals surface area contributed by atoms with Crippen LogP contribution in [0.5, 0.6) is 5.75 Å². The van der Waals surface area contributed by atoms with Crippen LogP contribution in [0.3, 0.4) is 0 Å². The van der Waals surface area contributed by atoms with Gasteiger partial charge in [-0.25, -0.2) is 4.98 Å². The van der Waals surface area contributed by atoms with Crippen LogP contribution in [-0.4, -0.2) is 50.2 Å². The molecule has 0 bridgehead atoms. The van der Waals surface area contributed by atoms with Crippen molar-refractivity contribution >= 4 is 28.5 Å². The molecule has 2 aromatic heterocycles. The highest BCUT2D eigenvalue weighted by Gasteiger charge is 2.29. The van der Waals surface area contributed by atoms with Crippen LogP contribution in [0, 0.1) is 6.92 Å². The fourth-order valence-electron chi connectivity index (χ4n) is 4.41. The Morgan fingerprint density at radius 3 is 2.53 bits per heavy atom. The highest BCUT2D eigenvalue weighted by Crippen LogP contribution is 2.23. The monoisotopic (exact) mass is 435 g/mol. The average Bonchev–Trinajstić information content (AvgIpc) is 3.05. The van der Waals surface area contributed by atoms with Crippen LogP contribution >= 0.6 is 0 Å². The van der Waals surface area contributed by atoms with E-state index in [-0.39, 0.29) is 30.5 Å². The first-order valence-corrected chi connectivity index (χ1v) is 11.0. The molecule has 3 heterocycles. The number of hydrogen-bond donors (Lipinski definition) is 1. The smallest absolute Gasteiger partial charge is 0.260 e. The van der Waals surface area contributed by atoms with Gasteiger partial charge in [0.15, 0.2) is 12.3 Å². The number of likely N-dealkylation sites (tertiary alicyclic amines) is 1. The second kappa shape index (κ2) is 8.98. The molecule has 168 valence electrons. The zero-order valence-electron chi connectivity index (χ0n) is 19.0. The summed E-state index contributed by atoms with van der Waals surface area (Å²) in [6, 6.07) is 9.13. The van der Waals surface area contributed by atoms with E-state index in [1.165, 1.54) is 0 Å². The fraction of sp³-hybridized carbons (Fsp3) is 0.417. The van der Waals surface area contributed by atoms with Crippen LogP contribution in [0.15, 0.2) is 36.5 Å². The summed E-state index contributed by atoms with van der Waals surface area (Å²) in [4.78, 5) is 31.6. The second-order valence-electron chi connectivity index (χ2n) is 8.50. The minimum atomic E-state index is -0.244. The number of nitrogens with zero attached hydrogens (tertiary/aromatic N) is 4. The van der Waals surface area contributed by atoms with Crippen molar-refractivity contribution in [1.82, 2.24) is 19.7 Å². The molecule has 1 aliphatic rings. The Kier molecular flexibility index (Phi) is 6.12. The van der Waals surface area contributed by atoms with E-state index >= 15 is 0 Å². The summed E-state index contributed by atoms with van der Waals surface area (Å²) >= 11 is 0. The SMILES string of the molecule is Cc1nn(C)c2ncc(NC(=O)c3ccc(OCC(=O)N4C(C)CCCC4C)cc3)cc12. The predicted molar refractivity (Wildman–Crippen MR) is 123 cm³/mol. The van der Waals surface area contributed by atoms with Crippen LogP contribution in [0.4, 0.5) is 5.69 Å². The number of piperidine rings is 1. The number of pyridine rings is 1. The number of hydrogen-bond acceptors (Lipinski definition) is 5. The number of fused-ring (bicyclic) bond motifs is 1. The second-order valence-corrected chi connectivity index (χ2v) is 8.50. The van der Waals surface area contributed by atoms with E-state index in [0.29, 0.717) is 17.0 Å². The predicted octanol–water partition coefficient (Wildman–Crippen LogP) is 3.70. The molecular weight excluding hydrogens is 406 g/mol. The summed E-state index contributed by atoms with van der Waals surface area (Å²) in [5, 5.41) is 8.11. The fourth-order valence-corrected chi connectivity index (χ4v) is 4.41. The first kappa shape index (κ1) is 21.8. The van der Waals surface area contributed by atoms with Gasteiger partial charge in [0.2, 0.25) is 0 Å². The number of nitrogens with one attached hydrogen (secondary N) is 1. The number of amides is 2. The Morgan fingerprint density at radius 1 is 1.16 bits per heavy atom. The summed E-state index contributed by atoms with van der Waals surface area (Å²) in [7, 11) is 1.84. The van der Waals surface area contributed by atoms with Gasteiger partial charge in [-0.15, -0.1) is 0 Å². The Balaban J connectivity index is 1.36. The van der Waals surface area contributed by atoms with Crippen molar-refractivity contribution in [3.8, 4) is 5.75 Å². The van der Waals surface area contributed by atoms with Crippen LogP contribution in [0.25, 0.3) is 11.0 Å². The Morgan fingerprint density at radius 2 is 1.84 bits per heavy atom. The van der Waals surface area contributed by atoms with Crippen molar-refractivity contribution in [1.29, 1.82) is 0 Å². The molecule has 0 saturated carbocycles. The Bertz CT molecular complexity index is 1130. The van der Waals surface area contributed by atoms with Crippen molar-refractivity contribution in [3.05, 3.63) is 47.8 Å². The summed E-state index contributed by atoms with van der Waals surface area (Å²) in [6.45, 7) is 6.08. The number of ether oxygens (including phenoxy) is 1. The molecule has 0 spiro atoms. The van der Waals surface area contributed by atoms with Gasteiger partial charge in [0.1, 0.15) is 5.75 Å². The lowest BCUT2D eigenvalue weighted by atomic mass is 9.97. The van der Waals surface area contributed by atoms with E-state index in [9.17, 15) is 9.59 Å². The molecule has 0 aliphatic carbocycles. The molecule has 1 aromatic carbocycles. The first-order chi connectivity index (χ1) is 15.3. The van der Waals surface area contributed by atoms with Gasteiger partial charge in [0, 0.05) is 30.1 Å². The van der Waals surface area contributed by atoms with Crippen LogP contribution in [0.1, 0.15) is 49.2 Å². The number of carbonyl (C=O) groups excluding carboxylic acids is 2. The van der Waals surface area contributed by atoms with E-state index in [4.69, 9.17) is 4.74 Å². The lowest BCUT2D eigenvalue weighted by molar-refractivity contribution is -0.139. The van der Waals surface area contributed by atoms with Crippen molar-refractivity contribution in [2.24, 2.45) is 7.05 Å². The molecule has 3 aromatic rings. The van der Waals surface area contributed by atoms with Crippen LogP contribution in [0.2, 0.25) is 0 Å². The lowest BCUT2D eigenvalue weighted by Crippen LogP contribution is -2.49. The maximum Gasteiger partial charge on any atom is 0.260 e. The zero-order valence-corrected chi connectivity index (χ0v) is 19.0. The Hall–Kier alpha value is -3.42. The minimum absolute atomic E-state index is 0.0000990. The highest BCUT2D eigenvalue weighted by atomic mass is 16.5. The molecule has 8 nitrogen and oxygen atoms in total. The zero-order chi connectivity index (χ0) is 22.8. The maximum atomic E-state index is 12.6. The molecule has 1 fully saturated rings. The number of aromatic nitrogens is 3. The molecular formula is C24H29N5O3. The number of aryl methyl sites for hydroxylation is 2. The molecule has 1 saturated heterocycles. The van der Waals surface area contributed by atoms with Gasteiger partial charge in [-0.05, 0) is 70.4 Å². The molecule has 2 atom stereocenters. The van der Waals surface area contributed by atoms with Gasteiger partial charge in [-0.2, -0.15) is 5.10 Å². The van der Waals surface area contributed by atoms with Gasteiger partial charge in [0.25, 0.3) is 11.8 Å². The molecule has 1 aliphatic heterocycles. The molecule has 2 unspecified atom stereocenters. The summed E-state index contributed by atoms with van der Waals surface area (Å²) in [6.07, 6.45) is 4.83. The first-order valence-electron chi connectivity index (χ1n) is 11.0. The molecule has 4 rings (SSSR count). The maximum absolute atomic E-state index is 12.6. The standard InChI is InChI=1S/C24H29N5O3/c1-15-6-5-7-16(2)29(15)22(30)14-32-20-10-8-18(9-11-20)24(31)26-19-12-21-17(3)27-28(4)23(21)25-13-19/h8-13,15-16H,5-7,14H2,1-4H3,(H,26,31). The van der Waals surface area contributed by atoms with Gasteiger partial charge >= 0.3 is 0 Å². The van der Waals surface area contributed by atoms with Gasteiger partial charge in [0.05, 0.1) is 17.6 Å². The van der Waals surface area contributed by atoms with E-state index in [2.05, 4.69) is 29.2 Å². The van der Waals surface area contributed by atoms with Gasteiger partial charge in [-0.1, -0.05) is 0 Å². The normalized spacial score (nSPS) is 18.6. The van der Waals surface area contributed by atoms with E-state index in [1.807, 2.05) is 24.9 Å². The minimum Gasteiger partial charge on any atom is -0.484 e. The van der Waals surface area contributed by atoms with Crippen LogP contribution < -0.4 is 10.1 Å². The van der Waals surface area contributed by atoms with E-state index < -0.39 is 0 Å². The molecule has 1 N–H and O–H groups in total. The average molecular weight is 436 g/mol. The topological polar surface area (TPSA) is 89.4 Å². The van der Waals surface area contributed by atoms with Crippen LogP contribution in [-0.2, 0) is 11.8 Å². The number of rotatable bonds is 5. The molecule has 0 radical (unpaired) electrons. The quantitative estimate of drug-likeness (QED) is 0.660. The summed E-state index contributed by atoms with van der Waals surface area (Å²) < 4.78 is 7.41. The summed E-state index contributed by atoms with van der Waals surface area (Å²) in [5.74, 6) is 0.313. The third-order valence-corrected chi connectivity index (χ3v) is 6.08. The van der Waals surface area contributed by atoms with Crippen molar-refractivity contribution < 1.29 is 14.3 Å². The number of benzene rings is 1. The third-order valence-electron chi connectivity index (χ3n) is 6.08. The molecule has 2 amide bonds. The van der Waals surface area contributed by atoms with Crippen molar-refractivity contribution in [3.63, 3.8) is 0 Å². The molecule has 8 heteroatoms. The van der Waals surface area contributed by atoms with Gasteiger partial charge < -0.3 is 15.0 Å². The summed E-state index contributed by atoms with van der Waals surface area (Å²) in [5.41, 5.74) is 2.72. The Labute approximate surface area is 187 Å². The lowest BCUT2D eigenvalue weighted by Gasteiger charge is -2.38. The number of anilines is 1. The van der Waals surface area contributed by atoms with Crippen molar-refractivity contribution in [2.75, 3.05) is 11.9 Å². The highest BCUT2D eigenvalue weighted by molar-refractivity contribution is 6.05. The van der Waals surface area contributed by atoms with Crippen molar-refractivity contribution in [2.45, 2.75) is 52.1 Å².